The van der Waals surface area contributed by atoms with E-state index in [9.17, 15) is 8.42 Å². The first-order chi connectivity index (χ1) is 8.88. The highest BCUT2D eigenvalue weighted by Crippen LogP contribution is 2.16. The number of nitrogens with one attached hydrogen (secondary N) is 1. The van der Waals surface area contributed by atoms with Crippen LogP contribution in [0, 0.1) is 20.8 Å². The first-order valence-electron chi connectivity index (χ1n) is 5.87. The first kappa shape index (κ1) is 13.8. The second-order valence-electron chi connectivity index (χ2n) is 4.52. The molecular formula is C13H16N2O3S. The van der Waals surface area contributed by atoms with Crippen molar-refractivity contribution < 1.29 is 12.9 Å². The smallest absolute Gasteiger partial charge is 0.241 e. The van der Waals surface area contributed by atoms with Crippen LogP contribution in [0.1, 0.15) is 22.6 Å². The Bertz CT molecular complexity index is 690. The molecule has 5 nitrogen and oxygen atoms in total. The summed E-state index contributed by atoms with van der Waals surface area (Å²) in [4.78, 5) is 0.290. The van der Waals surface area contributed by atoms with Crippen LogP contribution in [0.4, 0.5) is 0 Å². The molecule has 0 spiro atoms. The predicted molar refractivity (Wildman–Crippen MR) is 71.2 cm³/mol. The summed E-state index contributed by atoms with van der Waals surface area (Å²) in [6, 6.07) is 6.93. The van der Waals surface area contributed by atoms with Gasteiger partial charge in [0.05, 0.1) is 17.1 Å². The lowest BCUT2D eigenvalue weighted by Crippen LogP contribution is -2.24. The lowest BCUT2D eigenvalue weighted by Gasteiger charge is -2.08. The summed E-state index contributed by atoms with van der Waals surface area (Å²) in [5.41, 5.74) is 2.32. The van der Waals surface area contributed by atoms with E-state index in [1.807, 2.05) is 13.0 Å². The van der Waals surface area contributed by atoms with Crippen molar-refractivity contribution in [2.75, 3.05) is 0 Å². The van der Waals surface area contributed by atoms with Crippen LogP contribution in [0.5, 0.6) is 0 Å². The van der Waals surface area contributed by atoms with Crippen molar-refractivity contribution in [1.82, 2.24) is 9.88 Å². The summed E-state index contributed by atoms with van der Waals surface area (Å²) in [7, 11) is -3.53. The van der Waals surface area contributed by atoms with Gasteiger partial charge in [-0.2, -0.15) is 0 Å². The number of aromatic nitrogens is 1. The Kier molecular flexibility index (Phi) is 3.73. The van der Waals surface area contributed by atoms with E-state index in [-0.39, 0.29) is 6.54 Å². The molecule has 0 bridgehead atoms. The molecule has 0 aliphatic heterocycles. The van der Waals surface area contributed by atoms with Crippen molar-refractivity contribution in [2.24, 2.45) is 0 Å². The Morgan fingerprint density at radius 1 is 1.21 bits per heavy atom. The molecule has 0 atom stereocenters. The summed E-state index contributed by atoms with van der Waals surface area (Å²) in [6.45, 7) is 5.58. The highest BCUT2D eigenvalue weighted by atomic mass is 32.2. The largest absolute Gasteiger partial charge is 0.361 e. The van der Waals surface area contributed by atoms with Gasteiger partial charge in [-0.25, -0.2) is 13.1 Å². The van der Waals surface area contributed by atoms with E-state index in [0.717, 1.165) is 11.1 Å². The number of hydrogen-bond donors (Lipinski definition) is 1. The quantitative estimate of drug-likeness (QED) is 0.930. The van der Waals surface area contributed by atoms with Gasteiger partial charge in [-0.3, -0.25) is 0 Å². The van der Waals surface area contributed by atoms with Crippen molar-refractivity contribution in [1.29, 1.82) is 0 Å². The number of hydrogen-bond acceptors (Lipinski definition) is 4. The summed E-state index contributed by atoms with van der Waals surface area (Å²) < 4.78 is 31.8. The maximum absolute atomic E-state index is 12.2. The lowest BCUT2D eigenvalue weighted by molar-refractivity contribution is 0.390. The monoisotopic (exact) mass is 280 g/mol. The molecule has 0 aliphatic rings. The van der Waals surface area contributed by atoms with Gasteiger partial charge in [0.2, 0.25) is 10.0 Å². The number of sulfonamides is 1. The molecule has 19 heavy (non-hydrogen) atoms. The lowest BCUT2D eigenvalue weighted by atomic mass is 10.2. The summed E-state index contributed by atoms with van der Waals surface area (Å²) in [5, 5.41) is 3.75. The van der Waals surface area contributed by atoms with E-state index in [1.54, 1.807) is 32.0 Å². The van der Waals surface area contributed by atoms with Gasteiger partial charge in [0, 0.05) is 6.07 Å². The fourth-order valence-corrected chi connectivity index (χ4v) is 3.07. The molecule has 2 aromatic rings. The van der Waals surface area contributed by atoms with Crippen molar-refractivity contribution in [3.05, 3.63) is 46.8 Å². The first-order valence-corrected chi connectivity index (χ1v) is 7.36. The summed E-state index contributed by atoms with van der Waals surface area (Å²) in [6.07, 6.45) is 0. The fraction of sp³-hybridized carbons (Fsp3) is 0.308. The zero-order chi connectivity index (χ0) is 14.0. The van der Waals surface area contributed by atoms with Gasteiger partial charge in [-0.15, -0.1) is 0 Å². The average Bonchev–Trinajstić information content (AvgIpc) is 2.72. The molecular weight excluding hydrogens is 264 g/mol. The molecule has 1 heterocycles. The van der Waals surface area contributed by atoms with E-state index in [1.165, 1.54) is 0 Å². The van der Waals surface area contributed by atoms with Crippen LogP contribution < -0.4 is 4.72 Å². The van der Waals surface area contributed by atoms with Gasteiger partial charge in [-0.1, -0.05) is 22.9 Å². The third-order valence-electron chi connectivity index (χ3n) is 2.74. The third kappa shape index (κ3) is 3.21. The van der Waals surface area contributed by atoms with Gasteiger partial charge in [0.25, 0.3) is 0 Å². The molecule has 0 saturated heterocycles. The Hall–Kier alpha value is -1.66. The second kappa shape index (κ2) is 5.14. The zero-order valence-corrected chi connectivity index (χ0v) is 11.9. The number of benzene rings is 1. The van der Waals surface area contributed by atoms with Crippen LogP contribution in [0.25, 0.3) is 0 Å². The van der Waals surface area contributed by atoms with Crippen LogP contribution in [0.15, 0.2) is 33.7 Å². The van der Waals surface area contributed by atoms with Gasteiger partial charge in [0.1, 0.15) is 5.76 Å². The predicted octanol–water partition coefficient (Wildman–Crippen LogP) is 2.08. The van der Waals surface area contributed by atoms with Crippen LogP contribution in [-0.2, 0) is 16.6 Å². The Labute approximate surface area is 112 Å². The average molecular weight is 280 g/mol. The van der Waals surface area contributed by atoms with Gasteiger partial charge >= 0.3 is 0 Å². The van der Waals surface area contributed by atoms with Gasteiger partial charge in [0.15, 0.2) is 0 Å². The molecule has 1 aromatic carbocycles. The number of rotatable bonds is 4. The van der Waals surface area contributed by atoms with E-state index < -0.39 is 10.0 Å². The molecule has 0 radical (unpaired) electrons. The highest BCUT2D eigenvalue weighted by Gasteiger charge is 2.17. The zero-order valence-electron chi connectivity index (χ0n) is 11.1. The van der Waals surface area contributed by atoms with E-state index >= 15 is 0 Å². The van der Waals surface area contributed by atoms with Gasteiger partial charge < -0.3 is 4.52 Å². The van der Waals surface area contributed by atoms with Crippen LogP contribution >= 0.6 is 0 Å². The van der Waals surface area contributed by atoms with Crippen molar-refractivity contribution in [2.45, 2.75) is 32.2 Å². The SMILES string of the molecule is Cc1ccc(S(=O)(=O)NCc2cc(C)on2)c(C)c1. The number of aryl methyl sites for hydroxylation is 3. The topological polar surface area (TPSA) is 72.2 Å². The molecule has 0 unspecified atom stereocenters. The van der Waals surface area contributed by atoms with E-state index in [2.05, 4.69) is 9.88 Å². The number of nitrogens with zero attached hydrogens (tertiary/aromatic N) is 1. The molecule has 2 rings (SSSR count). The van der Waals surface area contributed by atoms with Crippen molar-refractivity contribution in [3.63, 3.8) is 0 Å². The summed E-state index contributed by atoms with van der Waals surface area (Å²) in [5.74, 6) is 0.653. The fourth-order valence-electron chi connectivity index (χ4n) is 1.85. The molecule has 0 fully saturated rings. The highest BCUT2D eigenvalue weighted by molar-refractivity contribution is 7.89. The van der Waals surface area contributed by atoms with Crippen LogP contribution in [0.2, 0.25) is 0 Å². The van der Waals surface area contributed by atoms with Crippen molar-refractivity contribution in [3.8, 4) is 0 Å². The molecule has 6 heteroatoms. The molecule has 1 N–H and O–H groups in total. The van der Waals surface area contributed by atoms with E-state index in [4.69, 9.17) is 4.52 Å². The molecule has 0 aliphatic carbocycles. The maximum atomic E-state index is 12.2. The second-order valence-corrected chi connectivity index (χ2v) is 6.26. The minimum absolute atomic E-state index is 0.118. The normalized spacial score (nSPS) is 11.7. The summed E-state index contributed by atoms with van der Waals surface area (Å²) >= 11 is 0. The standard InChI is InChI=1S/C13H16N2O3S/c1-9-4-5-13(10(2)6-9)19(16,17)14-8-12-7-11(3)18-15-12/h4-7,14H,8H2,1-3H3. The Morgan fingerprint density at radius 3 is 2.53 bits per heavy atom. The van der Waals surface area contributed by atoms with Crippen LogP contribution in [0.3, 0.4) is 0 Å². The maximum Gasteiger partial charge on any atom is 0.241 e. The minimum atomic E-state index is -3.53. The minimum Gasteiger partial charge on any atom is -0.361 e. The molecule has 0 saturated carbocycles. The van der Waals surface area contributed by atoms with Crippen LogP contribution in [-0.4, -0.2) is 13.6 Å². The molecule has 0 amide bonds. The van der Waals surface area contributed by atoms with Crippen molar-refractivity contribution >= 4 is 10.0 Å². The Morgan fingerprint density at radius 2 is 1.95 bits per heavy atom. The van der Waals surface area contributed by atoms with E-state index in [0.29, 0.717) is 16.3 Å². The van der Waals surface area contributed by atoms with Gasteiger partial charge in [-0.05, 0) is 32.4 Å². The molecule has 1 aromatic heterocycles. The molecule has 102 valence electrons. The Balaban J connectivity index is 2.18. The third-order valence-corrected chi connectivity index (χ3v) is 4.30.